The van der Waals surface area contributed by atoms with Crippen molar-refractivity contribution in [2.24, 2.45) is 0 Å². The van der Waals surface area contributed by atoms with Gasteiger partial charge in [-0.25, -0.2) is 0 Å². The summed E-state index contributed by atoms with van der Waals surface area (Å²) >= 11 is 2.59. The third-order valence-corrected chi connectivity index (χ3v) is 4.22. The number of rotatable bonds is 7. The van der Waals surface area contributed by atoms with Crippen molar-refractivity contribution in [3.8, 4) is 0 Å². The van der Waals surface area contributed by atoms with Crippen LogP contribution in [0.1, 0.15) is 25.8 Å². The second kappa shape index (κ2) is 8.11. The Bertz CT molecular complexity index is 437. The van der Waals surface area contributed by atoms with Gasteiger partial charge in [-0.05, 0) is 20.3 Å². The maximum Gasteiger partial charge on any atom is 0.315 e. The second-order valence-electron chi connectivity index (χ2n) is 3.60. The average molecular weight is 303 g/mol. The topological polar surface area (TPSA) is 81.2 Å². The molecule has 1 N–H and O–H groups in total. The second-order valence-corrected chi connectivity index (χ2v) is 5.99. The highest BCUT2D eigenvalue weighted by molar-refractivity contribution is 8.01. The van der Waals surface area contributed by atoms with Gasteiger partial charge >= 0.3 is 5.97 Å². The maximum absolute atomic E-state index is 11.8. The van der Waals surface area contributed by atoms with Crippen LogP contribution < -0.4 is 5.32 Å². The molecule has 1 rings (SSSR count). The zero-order valence-electron chi connectivity index (χ0n) is 11.1. The molecule has 8 heteroatoms. The fourth-order valence-corrected chi connectivity index (χ4v) is 2.49. The number of ether oxygens (including phenoxy) is 1. The largest absolute Gasteiger partial charge is 0.465 e. The van der Waals surface area contributed by atoms with Crippen LogP contribution in [0.3, 0.4) is 0 Å². The molecule has 1 aromatic heterocycles. The number of hydrogen-bond donors (Lipinski definition) is 1. The van der Waals surface area contributed by atoms with E-state index < -0.39 is 0 Å². The Labute approximate surface area is 120 Å². The molecule has 0 radical (unpaired) electrons. The van der Waals surface area contributed by atoms with Gasteiger partial charge in [0.25, 0.3) is 0 Å². The van der Waals surface area contributed by atoms with Crippen LogP contribution in [0, 0.1) is 0 Å². The zero-order valence-corrected chi connectivity index (χ0v) is 12.8. The lowest BCUT2D eigenvalue weighted by Gasteiger charge is -2.09. The molecule has 0 fully saturated rings. The molecule has 1 atom stereocenters. The van der Waals surface area contributed by atoms with Gasteiger partial charge in [0.05, 0.1) is 17.6 Å². The van der Waals surface area contributed by atoms with Crippen LogP contribution >= 0.6 is 23.1 Å². The number of aromatic nitrogens is 2. The summed E-state index contributed by atoms with van der Waals surface area (Å²) in [6.45, 7) is 5.81. The van der Waals surface area contributed by atoms with E-state index in [1.807, 2.05) is 6.92 Å². The number of thioether (sulfide) groups is 1. The van der Waals surface area contributed by atoms with Gasteiger partial charge < -0.3 is 4.74 Å². The molecule has 1 amide bonds. The Morgan fingerprint density at radius 3 is 2.74 bits per heavy atom. The number of hydrogen-bond acceptors (Lipinski definition) is 7. The van der Waals surface area contributed by atoms with Gasteiger partial charge in [-0.1, -0.05) is 18.3 Å². The van der Waals surface area contributed by atoms with Crippen molar-refractivity contribution in [3.05, 3.63) is 5.01 Å². The minimum absolute atomic E-state index is 0.165. The molecule has 1 heterocycles. The molecule has 0 saturated heterocycles. The highest BCUT2D eigenvalue weighted by Gasteiger charge is 2.17. The Hall–Kier alpha value is -1.15. The lowest BCUT2D eigenvalue weighted by Crippen LogP contribution is -2.24. The minimum Gasteiger partial charge on any atom is -0.465 e. The first-order chi connectivity index (χ1) is 9.06. The molecule has 0 bridgehead atoms. The van der Waals surface area contributed by atoms with Gasteiger partial charge in [-0.3, -0.25) is 14.9 Å². The lowest BCUT2D eigenvalue weighted by molar-refractivity contribution is -0.139. The Balaban J connectivity index is 2.38. The predicted octanol–water partition coefficient (Wildman–Crippen LogP) is 1.72. The monoisotopic (exact) mass is 303 g/mol. The summed E-state index contributed by atoms with van der Waals surface area (Å²) in [4.78, 5) is 23.0. The summed E-state index contributed by atoms with van der Waals surface area (Å²) in [7, 11) is 0. The van der Waals surface area contributed by atoms with Gasteiger partial charge in [0.2, 0.25) is 11.0 Å². The van der Waals surface area contributed by atoms with Gasteiger partial charge in [-0.2, -0.15) is 0 Å². The quantitative estimate of drug-likeness (QED) is 0.773. The van der Waals surface area contributed by atoms with Crippen molar-refractivity contribution in [2.45, 2.75) is 32.4 Å². The van der Waals surface area contributed by atoms with E-state index in [1.54, 1.807) is 13.8 Å². The molecule has 0 aliphatic heterocycles. The van der Waals surface area contributed by atoms with E-state index in [2.05, 4.69) is 15.5 Å². The SMILES string of the molecule is CCOC(=O)CS[C@H](C)C(=O)Nc1nnc(CC)s1. The average Bonchev–Trinajstić information content (AvgIpc) is 2.83. The van der Waals surface area contributed by atoms with Crippen molar-refractivity contribution < 1.29 is 14.3 Å². The number of aryl methyl sites for hydroxylation is 1. The molecule has 0 aliphatic rings. The Morgan fingerprint density at radius 2 is 2.16 bits per heavy atom. The molecule has 0 spiro atoms. The highest BCUT2D eigenvalue weighted by atomic mass is 32.2. The Morgan fingerprint density at radius 1 is 1.42 bits per heavy atom. The number of nitrogens with zero attached hydrogens (tertiary/aromatic N) is 2. The molecule has 6 nitrogen and oxygen atoms in total. The van der Waals surface area contributed by atoms with Gasteiger partial charge in [0.1, 0.15) is 5.01 Å². The molecule has 0 saturated carbocycles. The summed E-state index contributed by atoms with van der Waals surface area (Å²) in [6, 6.07) is 0. The third-order valence-electron chi connectivity index (χ3n) is 2.13. The third kappa shape index (κ3) is 5.56. The summed E-state index contributed by atoms with van der Waals surface area (Å²) < 4.78 is 4.80. The van der Waals surface area contributed by atoms with E-state index in [0.717, 1.165) is 11.4 Å². The van der Waals surface area contributed by atoms with Crippen molar-refractivity contribution in [1.82, 2.24) is 10.2 Å². The van der Waals surface area contributed by atoms with E-state index in [9.17, 15) is 9.59 Å². The minimum atomic E-state index is -0.349. The predicted molar refractivity (Wildman–Crippen MR) is 76.5 cm³/mol. The molecule has 106 valence electrons. The molecule has 0 unspecified atom stereocenters. The van der Waals surface area contributed by atoms with Crippen molar-refractivity contribution >= 4 is 40.1 Å². The van der Waals surface area contributed by atoms with Crippen LogP contribution in [-0.2, 0) is 20.7 Å². The van der Waals surface area contributed by atoms with Crippen LogP contribution in [0.4, 0.5) is 5.13 Å². The molecule has 0 aliphatic carbocycles. The van der Waals surface area contributed by atoms with Crippen LogP contribution in [0.15, 0.2) is 0 Å². The highest BCUT2D eigenvalue weighted by Crippen LogP contribution is 2.18. The van der Waals surface area contributed by atoms with Crippen molar-refractivity contribution in [2.75, 3.05) is 17.7 Å². The molecular formula is C11H17N3O3S2. The summed E-state index contributed by atoms with van der Waals surface area (Å²) in [5, 5.41) is 11.5. The van der Waals surface area contributed by atoms with Crippen molar-refractivity contribution in [3.63, 3.8) is 0 Å². The van der Waals surface area contributed by atoms with Gasteiger partial charge in [-0.15, -0.1) is 22.0 Å². The normalized spacial score (nSPS) is 11.9. The summed E-state index contributed by atoms with van der Waals surface area (Å²) in [6.07, 6.45) is 0.792. The first-order valence-corrected chi connectivity index (χ1v) is 7.83. The Kier molecular flexibility index (Phi) is 6.79. The van der Waals surface area contributed by atoms with Crippen LogP contribution in [0.25, 0.3) is 0 Å². The number of amides is 1. The van der Waals surface area contributed by atoms with Gasteiger partial charge in [0, 0.05) is 0 Å². The van der Waals surface area contributed by atoms with E-state index in [4.69, 9.17) is 4.74 Å². The number of carbonyl (C=O) groups is 2. The number of esters is 1. The number of carbonyl (C=O) groups excluding carboxylic acids is 2. The summed E-state index contributed by atoms with van der Waals surface area (Å²) in [5.41, 5.74) is 0. The number of anilines is 1. The standard InChI is InChI=1S/C11H17N3O3S2/c1-4-8-13-14-11(19-8)12-10(16)7(3)18-6-9(15)17-5-2/h7H,4-6H2,1-3H3,(H,12,14,16)/t7-/m1/s1. The van der Waals surface area contributed by atoms with Crippen LogP contribution in [0.2, 0.25) is 0 Å². The lowest BCUT2D eigenvalue weighted by atomic mass is 10.4. The molecule has 1 aromatic rings. The van der Waals surface area contributed by atoms with E-state index >= 15 is 0 Å². The smallest absolute Gasteiger partial charge is 0.315 e. The van der Waals surface area contributed by atoms with Gasteiger partial charge in [0.15, 0.2) is 0 Å². The van der Waals surface area contributed by atoms with Crippen LogP contribution in [-0.4, -0.2) is 39.7 Å². The molecule has 19 heavy (non-hydrogen) atoms. The van der Waals surface area contributed by atoms with E-state index in [1.165, 1.54) is 23.1 Å². The van der Waals surface area contributed by atoms with Crippen LogP contribution in [0.5, 0.6) is 0 Å². The zero-order chi connectivity index (χ0) is 14.3. The fourth-order valence-electron chi connectivity index (χ4n) is 1.13. The number of nitrogens with one attached hydrogen (secondary N) is 1. The fraction of sp³-hybridized carbons (Fsp3) is 0.636. The molecule has 0 aromatic carbocycles. The summed E-state index contributed by atoms with van der Waals surface area (Å²) in [5.74, 6) is -0.330. The molecular weight excluding hydrogens is 286 g/mol. The first kappa shape index (κ1) is 15.9. The van der Waals surface area contributed by atoms with E-state index in [0.29, 0.717) is 11.7 Å². The first-order valence-electron chi connectivity index (χ1n) is 5.97. The maximum atomic E-state index is 11.8. The van der Waals surface area contributed by atoms with E-state index in [-0.39, 0.29) is 22.9 Å². The van der Waals surface area contributed by atoms with Crippen molar-refractivity contribution in [1.29, 1.82) is 0 Å².